The van der Waals surface area contributed by atoms with E-state index in [1.165, 1.54) is 18.9 Å². The second-order valence-corrected chi connectivity index (χ2v) is 9.10. The van der Waals surface area contributed by atoms with E-state index < -0.39 is 29.3 Å². The number of β-lactam (4-membered cyclic amide) rings is 1. The molecule has 1 saturated heterocycles. The predicted molar refractivity (Wildman–Crippen MR) is 129 cm³/mol. The highest BCUT2D eigenvalue weighted by molar-refractivity contribution is 8.00. The summed E-state index contributed by atoms with van der Waals surface area (Å²) in [6.45, 7) is -0.656. The van der Waals surface area contributed by atoms with E-state index in [4.69, 9.17) is 14.2 Å². The number of carboxylic acids is 1. The van der Waals surface area contributed by atoms with Crippen molar-refractivity contribution in [1.82, 2.24) is 10.2 Å². The third-order valence-corrected chi connectivity index (χ3v) is 6.94. The van der Waals surface area contributed by atoms with Gasteiger partial charge in [0, 0.05) is 11.3 Å². The molecule has 2 heterocycles. The minimum absolute atomic E-state index is 0.115. The van der Waals surface area contributed by atoms with Gasteiger partial charge in [-0.05, 0) is 29.8 Å². The fourth-order valence-electron chi connectivity index (χ4n) is 3.82. The van der Waals surface area contributed by atoms with Gasteiger partial charge in [-0.15, -0.1) is 11.8 Å². The van der Waals surface area contributed by atoms with Gasteiger partial charge >= 0.3 is 11.9 Å². The standard InChI is InChI=1S/C25H24N2O8S/c1-33-17-7-9-18(10-8-17)34-13-20(29)35-12-16-14-36-24-21(23(30)27(24)22(16)25(31)32)26-19(28)11-15-5-3-2-4-6-15/h2-10,21,24H,11-14H2,1H3,(H,26,28)(H,31,32)/t21?,24-/m0/s1. The first-order chi connectivity index (χ1) is 17.4. The van der Waals surface area contributed by atoms with Gasteiger partial charge in [0.25, 0.3) is 5.91 Å². The monoisotopic (exact) mass is 512 g/mol. The second-order valence-electron chi connectivity index (χ2n) is 8.00. The molecule has 0 saturated carbocycles. The van der Waals surface area contributed by atoms with Crippen LogP contribution in [0, 0.1) is 0 Å². The minimum atomic E-state index is -1.30. The molecule has 1 unspecified atom stereocenters. The number of carboxylic acid groups (broad SMARTS) is 1. The fourth-order valence-corrected chi connectivity index (χ4v) is 5.15. The van der Waals surface area contributed by atoms with E-state index in [9.17, 15) is 24.3 Å². The molecule has 36 heavy (non-hydrogen) atoms. The number of hydrogen-bond acceptors (Lipinski definition) is 8. The van der Waals surface area contributed by atoms with Gasteiger partial charge in [0.05, 0.1) is 13.5 Å². The Bertz CT molecular complexity index is 1180. The molecule has 10 nitrogen and oxygen atoms in total. The topological polar surface area (TPSA) is 131 Å². The maximum atomic E-state index is 12.8. The zero-order valence-electron chi connectivity index (χ0n) is 19.3. The van der Waals surface area contributed by atoms with E-state index in [0.29, 0.717) is 17.1 Å². The van der Waals surface area contributed by atoms with Gasteiger partial charge in [-0.2, -0.15) is 0 Å². The molecule has 2 N–H and O–H groups in total. The lowest BCUT2D eigenvalue weighted by atomic mass is 10.0. The Labute approximate surface area is 211 Å². The van der Waals surface area contributed by atoms with Crippen molar-refractivity contribution in [3.8, 4) is 11.5 Å². The van der Waals surface area contributed by atoms with Gasteiger partial charge < -0.3 is 24.6 Å². The van der Waals surface area contributed by atoms with Gasteiger partial charge in [0.2, 0.25) is 5.91 Å². The summed E-state index contributed by atoms with van der Waals surface area (Å²) in [6, 6.07) is 14.9. The SMILES string of the molecule is COc1ccc(OCC(=O)OCC2=C(C(=O)O)N3C(=O)C(NC(=O)Cc4ccccc4)[C@@H]3SC2)cc1. The average Bonchev–Trinajstić information content (AvgIpc) is 2.89. The second kappa shape index (κ2) is 11.2. The Morgan fingerprint density at radius 1 is 1.08 bits per heavy atom. The summed E-state index contributed by atoms with van der Waals surface area (Å²) in [5.41, 5.74) is 0.881. The van der Waals surface area contributed by atoms with Crippen molar-refractivity contribution < 1.29 is 38.5 Å². The first-order valence-electron chi connectivity index (χ1n) is 11.0. The molecule has 2 aromatic rings. The van der Waals surface area contributed by atoms with Gasteiger partial charge in [-0.1, -0.05) is 30.3 Å². The first-order valence-corrected chi connectivity index (χ1v) is 12.1. The van der Waals surface area contributed by atoms with E-state index in [2.05, 4.69) is 5.32 Å². The Morgan fingerprint density at radius 2 is 1.78 bits per heavy atom. The van der Waals surface area contributed by atoms with Crippen molar-refractivity contribution >= 4 is 35.5 Å². The molecule has 0 bridgehead atoms. The zero-order chi connectivity index (χ0) is 25.7. The number of nitrogens with zero attached hydrogens (tertiary/aromatic N) is 1. The number of thioether (sulfide) groups is 1. The van der Waals surface area contributed by atoms with E-state index in [1.807, 2.05) is 30.3 Å². The maximum absolute atomic E-state index is 12.8. The smallest absolute Gasteiger partial charge is 0.352 e. The summed E-state index contributed by atoms with van der Waals surface area (Å²) in [6.07, 6.45) is 0.115. The average molecular weight is 513 g/mol. The molecular formula is C25H24N2O8S. The molecule has 2 aliphatic rings. The Balaban J connectivity index is 1.32. The van der Waals surface area contributed by atoms with Gasteiger partial charge in [0.15, 0.2) is 6.61 Å². The Kier molecular flexibility index (Phi) is 7.79. The number of carbonyl (C=O) groups is 4. The number of methoxy groups -OCH3 is 1. The molecule has 0 spiro atoms. The number of fused-ring (bicyclic) bond motifs is 1. The molecule has 188 valence electrons. The van der Waals surface area contributed by atoms with Crippen LogP contribution in [-0.4, -0.2) is 71.3 Å². The zero-order valence-corrected chi connectivity index (χ0v) is 20.2. The van der Waals surface area contributed by atoms with Crippen molar-refractivity contribution in [1.29, 1.82) is 0 Å². The highest BCUT2D eigenvalue weighted by atomic mass is 32.2. The van der Waals surface area contributed by atoms with Crippen LogP contribution in [0.4, 0.5) is 0 Å². The van der Waals surface area contributed by atoms with E-state index >= 15 is 0 Å². The molecule has 0 aliphatic carbocycles. The number of esters is 1. The van der Waals surface area contributed by atoms with E-state index in [0.717, 1.165) is 10.5 Å². The third-order valence-electron chi connectivity index (χ3n) is 5.60. The highest BCUT2D eigenvalue weighted by Crippen LogP contribution is 2.40. The number of rotatable bonds is 10. The van der Waals surface area contributed by atoms with Crippen LogP contribution in [0.15, 0.2) is 65.9 Å². The van der Waals surface area contributed by atoms with Crippen LogP contribution < -0.4 is 14.8 Å². The summed E-state index contributed by atoms with van der Waals surface area (Å²) in [4.78, 5) is 50.4. The number of aliphatic carboxylic acids is 1. The van der Waals surface area contributed by atoms with Crippen LogP contribution in [0.5, 0.6) is 11.5 Å². The molecule has 0 radical (unpaired) electrons. The van der Waals surface area contributed by atoms with Crippen molar-refractivity contribution in [3.05, 3.63) is 71.4 Å². The summed E-state index contributed by atoms with van der Waals surface area (Å²) in [5, 5.41) is 11.9. The van der Waals surface area contributed by atoms with Crippen LogP contribution >= 0.6 is 11.8 Å². The lowest BCUT2D eigenvalue weighted by molar-refractivity contribution is -0.151. The number of amides is 2. The summed E-state index contributed by atoms with van der Waals surface area (Å²) in [7, 11) is 1.54. The normalized spacial score (nSPS) is 18.6. The molecule has 0 aromatic heterocycles. The van der Waals surface area contributed by atoms with Crippen LogP contribution in [0.1, 0.15) is 5.56 Å². The number of carbonyl (C=O) groups excluding carboxylic acids is 3. The van der Waals surface area contributed by atoms with Crippen molar-refractivity contribution in [3.63, 3.8) is 0 Å². The quantitative estimate of drug-likeness (QED) is 0.360. The molecule has 4 rings (SSSR count). The number of nitrogens with one attached hydrogen (secondary N) is 1. The number of ether oxygens (including phenoxy) is 3. The lowest BCUT2D eigenvalue weighted by Crippen LogP contribution is -2.70. The molecule has 2 aliphatic heterocycles. The number of benzene rings is 2. The molecule has 2 atom stereocenters. The maximum Gasteiger partial charge on any atom is 0.352 e. The molecule has 1 fully saturated rings. The van der Waals surface area contributed by atoms with E-state index in [1.54, 1.807) is 24.3 Å². The summed E-state index contributed by atoms with van der Waals surface area (Å²) in [5.74, 6) is -1.51. The molecule has 2 aromatic carbocycles. The third kappa shape index (κ3) is 5.62. The minimum Gasteiger partial charge on any atom is -0.497 e. The first kappa shape index (κ1) is 25.1. The molecule has 11 heteroatoms. The van der Waals surface area contributed by atoms with Crippen molar-refractivity contribution in [2.75, 3.05) is 26.1 Å². The highest BCUT2D eigenvalue weighted by Gasteiger charge is 2.54. The number of hydrogen-bond donors (Lipinski definition) is 2. The summed E-state index contributed by atoms with van der Waals surface area (Å²) < 4.78 is 15.6. The molecule has 2 amide bonds. The van der Waals surface area contributed by atoms with Crippen LogP contribution in [0.25, 0.3) is 0 Å². The Morgan fingerprint density at radius 3 is 2.44 bits per heavy atom. The van der Waals surface area contributed by atoms with Crippen molar-refractivity contribution in [2.45, 2.75) is 17.8 Å². The van der Waals surface area contributed by atoms with Gasteiger partial charge in [-0.3, -0.25) is 14.5 Å². The van der Waals surface area contributed by atoms with Gasteiger partial charge in [0.1, 0.15) is 35.2 Å². The lowest BCUT2D eigenvalue weighted by Gasteiger charge is -2.49. The predicted octanol–water partition coefficient (Wildman–Crippen LogP) is 1.60. The summed E-state index contributed by atoms with van der Waals surface area (Å²) >= 11 is 1.30. The van der Waals surface area contributed by atoms with Crippen molar-refractivity contribution in [2.24, 2.45) is 0 Å². The van der Waals surface area contributed by atoms with Gasteiger partial charge in [-0.25, -0.2) is 9.59 Å². The Hall–Kier alpha value is -3.99. The van der Waals surface area contributed by atoms with Crippen LogP contribution in [-0.2, 0) is 30.3 Å². The largest absolute Gasteiger partial charge is 0.497 e. The van der Waals surface area contributed by atoms with E-state index in [-0.39, 0.29) is 37.0 Å². The fraction of sp³-hybridized carbons (Fsp3) is 0.280. The van der Waals surface area contributed by atoms with Crippen LogP contribution in [0.3, 0.4) is 0 Å². The molecular weight excluding hydrogens is 488 g/mol. The van der Waals surface area contributed by atoms with Crippen LogP contribution in [0.2, 0.25) is 0 Å².